The number of anilines is 1. The van der Waals surface area contributed by atoms with E-state index in [0.717, 1.165) is 0 Å². The Labute approximate surface area is 191 Å². The zero-order chi connectivity index (χ0) is 23.2. The number of hydrogen-bond donors (Lipinski definition) is 1. The molecule has 1 aromatic heterocycles. The van der Waals surface area contributed by atoms with E-state index in [1.54, 1.807) is 67.8 Å². The van der Waals surface area contributed by atoms with E-state index in [-0.39, 0.29) is 11.7 Å². The highest BCUT2D eigenvalue weighted by atomic mass is 16.6. The van der Waals surface area contributed by atoms with Gasteiger partial charge in [0.15, 0.2) is 5.76 Å². The quantitative estimate of drug-likeness (QED) is 0.552. The van der Waals surface area contributed by atoms with Crippen LogP contribution < -0.4 is 10.1 Å². The minimum absolute atomic E-state index is 0.159. The summed E-state index contributed by atoms with van der Waals surface area (Å²) < 4.78 is 16.0. The Balaban J connectivity index is 1.51. The summed E-state index contributed by atoms with van der Waals surface area (Å²) in [5.74, 6) is -0.695. The summed E-state index contributed by atoms with van der Waals surface area (Å²) in [6, 6.07) is 18.0. The third-order valence-electron chi connectivity index (χ3n) is 5.45. The second-order valence-corrected chi connectivity index (χ2v) is 7.58. The normalized spacial score (nSPS) is 16.2. The molecule has 1 N–H and O–H groups in total. The van der Waals surface area contributed by atoms with Gasteiger partial charge in [-0.2, -0.15) is 0 Å². The number of esters is 1. The van der Waals surface area contributed by atoms with E-state index < -0.39 is 24.0 Å². The number of methoxy groups -OCH3 is 1. The van der Waals surface area contributed by atoms with E-state index in [9.17, 15) is 14.4 Å². The highest BCUT2D eigenvalue weighted by molar-refractivity contribution is 5.98. The minimum Gasteiger partial charge on any atom is -0.497 e. The summed E-state index contributed by atoms with van der Waals surface area (Å²) in [5, 5.41) is 2.78. The summed E-state index contributed by atoms with van der Waals surface area (Å²) in [6.07, 6.45) is 1.33. The zero-order valence-corrected chi connectivity index (χ0v) is 18.1. The molecule has 1 fully saturated rings. The first-order valence-corrected chi connectivity index (χ1v) is 10.6. The molecule has 8 heteroatoms. The Kier molecular flexibility index (Phi) is 6.73. The van der Waals surface area contributed by atoms with Crippen LogP contribution in [0.3, 0.4) is 0 Å². The predicted octanol–water partition coefficient (Wildman–Crippen LogP) is 3.82. The average Bonchev–Trinajstić information content (AvgIpc) is 3.56. The fourth-order valence-electron chi connectivity index (χ4n) is 3.77. The van der Waals surface area contributed by atoms with Gasteiger partial charge in [0.1, 0.15) is 11.8 Å². The van der Waals surface area contributed by atoms with Crippen LogP contribution in [0.2, 0.25) is 0 Å². The molecule has 0 bridgehead atoms. The van der Waals surface area contributed by atoms with Gasteiger partial charge in [0.2, 0.25) is 6.10 Å². The topological polar surface area (TPSA) is 98.1 Å². The minimum atomic E-state index is -1.18. The molecular weight excluding hydrogens is 424 g/mol. The van der Waals surface area contributed by atoms with Gasteiger partial charge in [-0.05, 0) is 49.2 Å². The number of carbonyl (C=O) groups is 3. The van der Waals surface area contributed by atoms with Crippen molar-refractivity contribution in [1.29, 1.82) is 0 Å². The Hall–Kier alpha value is -4.07. The monoisotopic (exact) mass is 448 g/mol. The van der Waals surface area contributed by atoms with E-state index in [0.29, 0.717) is 36.4 Å². The number of furan rings is 1. The summed E-state index contributed by atoms with van der Waals surface area (Å²) in [4.78, 5) is 40.4. The smallest absolute Gasteiger partial charge is 0.329 e. The number of ether oxygens (including phenoxy) is 2. The molecule has 1 saturated heterocycles. The molecule has 1 aliphatic heterocycles. The summed E-state index contributed by atoms with van der Waals surface area (Å²) >= 11 is 0. The molecule has 2 aromatic carbocycles. The molecule has 8 nitrogen and oxygen atoms in total. The molecule has 0 saturated carbocycles. The van der Waals surface area contributed by atoms with Gasteiger partial charge in [-0.3, -0.25) is 9.59 Å². The van der Waals surface area contributed by atoms with Gasteiger partial charge in [0, 0.05) is 17.8 Å². The van der Waals surface area contributed by atoms with Crippen LogP contribution in [0.5, 0.6) is 5.75 Å². The van der Waals surface area contributed by atoms with Gasteiger partial charge in [0.25, 0.3) is 11.8 Å². The van der Waals surface area contributed by atoms with Crippen molar-refractivity contribution in [3.63, 3.8) is 0 Å². The van der Waals surface area contributed by atoms with Crippen LogP contribution in [0.4, 0.5) is 5.69 Å². The van der Waals surface area contributed by atoms with Crippen molar-refractivity contribution in [3.8, 4) is 5.75 Å². The van der Waals surface area contributed by atoms with Crippen LogP contribution in [0, 0.1) is 0 Å². The molecule has 0 unspecified atom stereocenters. The first-order chi connectivity index (χ1) is 16.1. The first kappa shape index (κ1) is 22.1. The lowest BCUT2D eigenvalue weighted by molar-refractivity contribution is -0.158. The van der Waals surface area contributed by atoms with E-state index in [1.165, 1.54) is 11.2 Å². The van der Waals surface area contributed by atoms with Gasteiger partial charge in [-0.1, -0.05) is 30.3 Å². The second-order valence-electron chi connectivity index (χ2n) is 7.58. The molecule has 1 aliphatic rings. The van der Waals surface area contributed by atoms with Crippen LogP contribution >= 0.6 is 0 Å². The van der Waals surface area contributed by atoms with Crippen LogP contribution in [0.1, 0.15) is 35.1 Å². The third-order valence-corrected chi connectivity index (χ3v) is 5.45. The van der Waals surface area contributed by atoms with Crippen molar-refractivity contribution in [1.82, 2.24) is 4.90 Å². The maximum atomic E-state index is 13.1. The van der Waals surface area contributed by atoms with Crippen LogP contribution in [0.15, 0.2) is 77.4 Å². The Morgan fingerprint density at radius 3 is 2.45 bits per heavy atom. The second kappa shape index (κ2) is 10.0. The van der Waals surface area contributed by atoms with Crippen molar-refractivity contribution < 1.29 is 28.3 Å². The number of carbonyl (C=O) groups excluding carboxylic acids is 3. The maximum Gasteiger partial charge on any atom is 0.329 e. The highest BCUT2D eigenvalue weighted by Gasteiger charge is 2.38. The molecule has 3 aromatic rings. The van der Waals surface area contributed by atoms with E-state index in [1.807, 2.05) is 6.07 Å². The van der Waals surface area contributed by atoms with Crippen molar-refractivity contribution in [2.45, 2.75) is 25.0 Å². The van der Waals surface area contributed by atoms with Gasteiger partial charge >= 0.3 is 5.97 Å². The molecule has 2 atom stereocenters. The molecular formula is C25H24N2O6. The third kappa shape index (κ3) is 5.06. The van der Waals surface area contributed by atoms with Crippen molar-refractivity contribution in [2.24, 2.45) is 0 Å². The SMILES string of the molecule is COc1ccc(NC(=O)[C@@H](OC(=O)[C@H]2CCCN2C(=O)c2ccco2)c2ccccc2)cc1. The molecule has 0 spiro atoms. The van der Waals surface area contributed by atoms with E-state index in [2.05, 4.69) is 5.32 Å². The standard InChI is InChI=1S/C25H24N2O6/c1-31-19-13-11-18(12-14-19)26-23(28)22(17-7-3-2-4-8-17)33-25(30)20-9-5-15-27(20)24(29)21-10-6-16-32-21/h2-4,6-8,10-14,16,20,22H,5,9,15H2,1H3,(H,26,28)/t20-,22+/m1/s1. The van der Waals surface area contributed by atoms with Gasteiger partial charge in [-0.25, -0.2) is 4.79 Å². The van der Waals surface area contributed by atoms with Crippen LogP contribution in [-0.2, 0) is 14.3 Å². The first-order valence-electron chi connectivity index (χ1n) is 10.6. The molecule has 2 heterocycles. The fourth-order valence-corrected chi connectivity index (χ4v) is 3.77. The van der Waals surface area contributed by atoms with E-state index >= 15 is 0 Å². The Morgan fingerprint density at radius 2 is 1.79 bits per heavy atom. The Morgan fingerprint density at radius 1 is 1.03 bits per heavy atom. The molecule has 170 valence electrons. The summed E-state index contributed by atoms with van der Waals surface area (Å²) in [5.41, 5.74) is 1.06. The maximum absolute atomic E-state index is 13.1. The number of rotatable bonds is 7. The number of hydrogen-bond acceptors (Lipinski definition) is 6. The lowest BCUT2D eigenvalue weighted by atomic mass is 10.1. The van der Waals surface area contributed by atoms with Crippen molar-refractivity contribution >= 4 is 23.5 Å². The average molecular weight is 448 g/mol. The molecule has 0 aliphatic carbocycles. The van der Waals surface area contributed by atoms with Crippen molar-refractivity contribution in [2.75, 3.05) is 19.0 Å². The molecule has 4 rings (SSSR count). The Bertz CT molecular complexity index is 1100. The van der Waals surface area contributed by atoms with Crippen molar-refractivity contribution in [3.05, 3.63) is 84.3 Å². The fraction of sp³-hybridized carbons (Fsp3) is 0.240. The highest BCUT2D eigenvalue weighted by Crippen LogP contribution is 2.26. The number of nitrogens with one attached hydrogen (secondary N) is 1. The lowest BCUT2D eigenvalue weighted by Gasteiger charge is -2.25. The summed E-state index contributed by atoms with van der Waals surface area (Å²) in [6.45, 7) is 0.410. The number of amides is 2. The number of benzene rings is 2. The lowest BCUT2D eigenvalue weighted by Crippen LogP contribution is -2.42. The number of nitrogens with zero attached hydrogens (tertiary/aromatic N) is 1. The molecule has 2 amide bonds. The van der Waals surface area contributed by atoms with Gasteiger partial charge < -0.3 is 24.1 Å². The molecule has 0 radical (unpaired) electrons. The predicted molar refractivity (Wildman–Crippen MR) is 120 cm³/mol. The van der Waals surface area contributed by atoms with E-state index in [4.69, 9.17) is 13.9 Å². The van der Waals surface area contributed by atoms with Crippen LogP contribution in [0.25, 0.3) is 0 Å². The largest absolute Gasteiger partial charge is 0.497 e. The van der Waals surface area contributed by atoms with Gasteiger partial charge in [0.05, 0.1) is 13.4 Å². The van der Waals surface area contributed by atoms with Crippen LogP contribution in [-0.4, -0.2) is 42.4 Å². The summed E-state index contributed by atoms with van der Waals surface area (Å²) in [7, 11) is 1.56. The number of likely N-dealkylation sites (tertiary alicyclic amines) is 1. The molecule has 33 heavy (non-hydrogen) atoms. The van der Waals surface area contributed by atoms with Gasteiger partial charge in [-0.15, -0.1) is 0 Å². The zero-order valence-electron chi connectivity index (χ0n) is 18.1.